The summed E-state index contributed by atoms with van der Waals surface area (Å²) in [7, 11) is 5.11. The Kier molecular flexibility index (Phi) is 5.39. The summed E-state index contributed by atoms with van der Waals surface area (Å²) in [5.41, 5.74) is 3.69. The Morgan fingerprint density at radius 1 is 0.957 bits per heavy atom. The number of hydrogen-bond donors (Lipinski definition) is 0. The molecule has 0 unspecified atom stereocenters. The molecule has 0 saturated heterocycles. The predicted octanol–water partition coefficient (Wildman–Crippen LogP) is 6.31. The van der Waals surface area contributed by atoms with Gasteiger partial charge in [0.15, 0.2) is 0 Å². The first-order valence-corrected chi connectivity index (χ1v) is 9.80. The molecule has 0 atom stereocenters. The Bertz CT molecular complexity index is 842. The van der Waals surface area contributed by atoms with Gasteiger partial charge in [-0.3, -0.25) is 0 Å². The second-order valence-corrected chi connectivity index (χ2v) is 7.91. The molecule has 0 bridgehead atoms. The summed E-state index contributed by atoms with van der Waals surface area (Å²) >= 11 is 5.52. The van der Waals surface area contributed by atoms with E-state index in [0.717, 1.165) is 16.0 Å². The third-order valence-corrected chi connectivity index (χ3v) is 6.66. The van der Waals surface area contributed by atoms with E-state index in [2.05, 4.69) is 36.4 Å². The maximum Gasteiger partial charge on any atom is 0.118 e. The molecule has 0 aliphatic rings. The largest absolute Gasteiger partial charge is 0.497 e. The van der Waals surface area contributed by atoms with Crippen LogP contribution in [0.1, 0.15) is 21.6 Å². The summed E-state index contributed by atoms with van der Waals surface area (Å²) in [6, 6.07) is 18.5. The standard InChI is InChI=1S/C19H16OS3/c1-20-16-10-7-15(8-11-16)13-17-18(22-23-19(17)21)12-9-14-5-3-2-4-6-14/h2-12H,13H2,1H3. The highest BCUT2D eigenvalue weighted by molar-refractivity contribution is 7.79. The maximum absolute atomic E-state index is 5.52. The van der Waals surface area contributed by atoms with Gasteiger partial charge in [-0.2, -0.15) is 0 Å². The van der Waals surface area contributed by atoms with Gasteiger partial charge >= 0.3 is 0 Å². The Balaban J connectivity index is 1.83. The molecular weight excluding hydrogens is 340 g/mol. The van der Waals surface area contributed by atoms with E-state index >= 15 is 0 Å². The van der Waals surface area contributed by atoms with Gasteiger partial charge in [0, 0.05) is 16.9 Å². The zero-order valence-corrected chi connectivity index (χ0v) is 15.1. The van der Waals surface area contributed by atoms with Gasteiger partial charge in [0.1, 0.15) is 9.57 Å². The minimum Gasteiger partial charge on any atom is -0.497 e. The molecular formula is C19H16OS3. The molecule has 3 rings (SSSR count). The van der Waals surface area contributed by atoms with Crippen LogP contribution in [-0.4, -0.2) is 7.11 Å². The number of rotatable bonds is 5. The van der Waals surface area contributed by atoms with Crippen LogP contribution >= 0.6 is 32.9 Å². The predicted molar refractivity (Wildman–Crippen MR) is 104 cm³/mol. The third kappa shape index (κ3) is 4.16. The van der Waals surface area contributed by atoms with Crippen LogP contribution in [0.3, 0.4) is 0 Å². The van der Waals surface area contributed by atoms with Crippen LogP contribution in [0.5, 0.6) is 5.75 Å². The van der Waals surface area contributed by atoms with Crippen molar-refractivity contribution in [2.24, 2.45) is 0 Å². The molecule has 23 heavy (non-hydrogen) atoms. The van der Waals surface area contributed by atoms with E-state index in [1.165, 1.54) is 21.6 Å². The van der Waals surface area contributed by atoms with Gasteiger partial charge in [0.2, 0.25) is 0 Å². The minimum absolute atomic E-state index is 0.858. The van der Waals surface area contributed by atoms with Gasteiger partial charge in [-0.15, -0.1) is 0 Å². The number of hydrogen-bond acceptors (Lipinski definition) is 4. The molecule has 1 heterocycles. The summed E-state index contributed by atoms with van der Waals surface area (Å²) in [6.45, 7) is 0. The first kappa shape index (κ1) is 16.1. The van der Waals surface area contributed by atoms with Crippen molar-refractivity contribution in [2.75, 3.05) is 7.11 Å². The molecule has 0 N–H and O–H groups in total. The third-order valence-electron chi connectivity index (χ3n) is 3.52. The van der Waals surface area contributed by atoms with E-state index < -0.39 is 0 Å². The molecule has 2 aromatic carbocycles. The average molecular weight is 357 g/mol. The van der Waals surface area contributed by atoms with E-state index in [1.807, 2.05) is 30.3 Å². The zero-order valence-electron chi connectivity index (χ0n) is 12.7. The first-order valence-electron chi connectivity index (χ1n) is 7.24. The van der Waals surface area contributed by atoms with E-state index in [4.69, 9.17) is 17.0 Å². The average Bonchev–Trinajstić information content (AvgIpc) is 2.95. The van der Waals surface area contributed by atoms with E-state index in [0.29, 0.717) is 0 Å². The summed E-state index contributed by atoms with van der Waals surface area (Å²) in [5, 5.41) is 0. The molecule has 4 heteroatoms. The highest BCUT2D eigenvalue weighted by Crippen LogP contribution is 2.29. The molecule has 116 valence electrons. The highest BCUT2D eigenvalue weighted by atomic mass is 32.9. The lowest BCUT2D eigenvalue weighted by atomic mass is 10.1. The Labute approximate surface area is 148 Å². The molecule has 0 aliphatic carbocycles. The van der Waals surface area contributed by atoms with Crippen LogP contribution in [-0.2, 0) is 6.42 Å². The van der Waals surface area contributed by atoms with E-state index in [-0.39, 0.29) is 0 Å². The lowest BCUT2D eigenvalue weighted by molar-refractivity contribution is 0.414. The molecule has 0 amide bonds. The van der Waals surface area contributed by atoms with E-state index in [1.54, 1.807) is 27.8 Å². The molecule has 1 nitrogen and oxygen atoms in total. The normalized spacial score (nSPS) is 11.0. The summed E-state index contributed by atoms with van der Waals surface area (Å²) in [4.78, 5) is 1.25. The summed E-state index contributed by atoms with van der Waals surface area (Å²) in [5.74, 6) is 0.879. The maximum atomic E-state index is 5.52. The topological polar surface area (TPSA) is 9.23 Å². The monoisotopic (exact) mass is 356 g/mol. The van der Waals surface area contributed by atoms with Crippen molar-refractivity contribution in [3.05, 3.63) is 80.0 Å². The van der Waals surface area contributed by atoms with Crippen LogP contribution in [0.25, 0.3) is 12.2 Å². The number of benzene rings is 2. The van der Waals surface area contributed by atoms with Gasteiger partial charge < -0.3 is 4.74 Å². The Hall–Kier alpha value is -1.75. The van der Waals surface area contributed by atoms with Gasteiger partial charge in [-0.25, -0.2) is 0 Å². The van der Waals surface area contributed by atoms with Gasteiger partial charge in [0.05, 0.1) is 7.11 Å². The fraction of sp³-hybridized carbons (Fsp3) is 0.105. The van der Waals surface area contributed by atoms with Crippen molar-refractivity contribution in [3.8, 4) is 5.75 Å². The van der Waals surface area contributed by atoms with Gasteiger partial charge in [-0.1, -0.05) is 81.4 Å². The number of methoxy groups -OCH3 is 1. The van der Waals surface area contributed by atoms with Gasteiger partial charge in [-0.05, 0) is 29.3 Å². The number of ether oxygens (including phenoxy) is 1. The second-order valence-electron chi connectivity index (χ2n) is 5.07. The van der Waals surface area contributed by atoms with Crippen molar-refractivity contribution >= 4 is 45.1 Å². The van der Waals surface area contributed by atoms with Crippen molar-refractivity contribution < 1.29 is 4.74 Å². The summed E-state index contributed by atoms with van der Waals surface area (Å²) in [6.07, 6.45) is 5.17. The molecule has 3 aromatic rings. The van der Waals surface area contributed by atoms with Crippen molar-refractivity contribution in [1.29, 1.82) is 0 Å². The quantitative estimate of drug-likeness (QED) is 0.391. The second kappa shape index (κ2) is 7.68. The molecule has 0 saturated carbocycles. The lowest BCUT2D eigenvalue weighted by Crippen LogP contribution is -1.89. The fourth-order valence-electron chi connectivity index (χ4n) is 2.26. The van der Waals surface area contributed by atoms with Crippen LogP contribution in [0, 0.1) is 3.82 Å². The summed E-state index contributed by atoms with van der Waals surface area (Å²) < 4.78 is 6.20. The lowest BCUT2D eigenvalue weighted by Gasteiger charge is -2.03. The fourth-order valence-corrected chi connectivity index (χ4v) is 4.99. The highest BCUT2D eigenvalue weighted by Gasteiger charge is 2.07. The van der Waals surface area contributed by atoms with Crippen molar-refractivity contribution in [1.82, 2.24) is 0 Å². The SMILES string of the molecule is COc1ccc(Cc2c(C=Cc3ccccc3)ssc2=S)cc1. The molecule has 0 radical (unpaired) electrons. The molecule has 0 aliphatic heterocycles. The van der Waals surface area contributed by atoms with Crippen molar-refractivity contribution in [2.45, 2.75) is 6.42 Å². The van der Waals surface area contributed by atoms with E-state index in [9.17, 15) is 0 Å². The Morgan fingerprint density at radius 3 is 2.39 bits per heavy atom. The van der Waals surface area contributed by atoms with Crippen LogP contribution in [0.15, 0.2) is 54.6 Å². The Morgan fingerprint density at radius 2 is 1.70 bits per heavy atom. The molecule has 0 fully saturated rings. The molecule has 1 aromatic heterocycles. The van der Waals surface area contributed by atoms with Crippen molar-refractivity contribution in [3.63, 3.8) is 0 Å². The molecule has 0 spiro atoms. The van der Waals surface area contributed by atoms with Crippen LogP contribution < -0.4 is 4.74 Å². The zero-order chi connectivity index (χ0) is 16.1. The smallest absolute Gasteiger partial charge is 0.118 e. The first-order chi connectivity index (χ1) is 11.3. The van der Waals surface area contributed by atoms with Crippen LogP contribution in [0.4, 0.5) is 0 Å². The van der Waals surface area contributed by atoms with Gasteiger partial charge in [0.25, 0.3) is 0 Å². The minimum atomic E-state index is 0.858. The van der Waals surface area contributed by atoms with Crippen LogP contribution in [0.2, 0.25) is 0 Å².